The van der Waals surface area contributed by atoms with Crippen LogP contribution in [0.3, 0.4) is 0 Å². The summed E-state index contributed by atoms with van der Waals surface area (Å²) in [6.45, 7) is 0. The van der Waals surface area contributed by atoms with E-state index in [0.717, 1.165) is 0 Å². The van der Waals surface area contributed by atoms with Gasteiger partial charge in [0.15, 0.2) is 0 Å². The van der Waals surface area contributed by atoms with E-state index in [-0.39, 0.29) is 34.1 Å². The molecule has 0 atom stereocenters. The molecule has 4 heteroatoms. The van der Waals surface area contributed by atoms with E-state index in [0.29, 0.717) is 0 Å². The summed E-state index contributed by atoms with van der Waals surface area (Å²) in [6.07, 6.45) is 0. The topological polar surface area (TPSA) is 0 Å². The predicted octanol–water partition coefficient (Wildman–Crippen LogP) is 2.04. The Morgan fingerprint density at radius 3 is 1.50 bits per heavy atom. The monoisotopic (exact) mass is 470 g/mol. The van der Waals surface area contributed by atoms with Crippen molar-refractivity contribution in [1.82, 2.24) is 0 Å². The molecule has 0 bridgehead atoms. The molecule has 0 spiro atoms. The van der Waals surface area contributed by atoms with Gasteiger partial charge in [-0.3, -0.25) is 0 Å². The molecule has 0 saturated heterocycles. The minimum absolute atomic E-state index is 0.253. The van der Waals surface area contributed by atoms with Crippen LogP contribution in [0.15, 0.2) is 18.2 Å². The molecule has 0 heterocycles. The summed E-state index contributed by atoms with van der Waals surface area (Å²) in [5.41, 5.74) is 0. The molecular weight excluding hydrogens is 463 g/mol. The fourth-order valence-electron chi connectivity index (χ4n) is 0.106. The van der Waals surface area contributed by atoms with E-state index in [1.165, 1.54) is 0 Å². The standard InChI is InChI=1S/C4H4Br2Te2/c5-1-3-7-8-4-2-6/h1-4H. The first kappa shape index (κ1) is 10.0. The Morgan fingerprint density at radius 1 is 0.875 bits per heavy atom. The van der Waals surface area contributed by atoms with Gasteiger partial charge in [-0.1, -0.05) is 0 Å². The molecule has 0 unspecified atom stereocenters. The van der Waals surface area contributed by atoms with Gasteiger partial charge in [-0.2, -0.15) is 0 Å². The first-order valence-electron chi connectivity index (χ1n) is 1.74. The molecule has 0 saturated carbocycles. The van der Waals surface area contributed by atoms with Gasteiger partial charge in [-0.15, -0.1) is 0 Å². The predicted molar refractivity (Wildman–Crippen MR) is 47.6 cm³/mol. The van der Waals surface area contributed by atoms with Gasteiger partial charge < -0.3 is 0 Å². The van der Waals surface area contributed by atoms with Crippen LogP contribution in [0, 0.1) is 0 Å². The van der Waals surface area contributed by atoms with E-state index in [1.54, 1.807) is 0 Å². The molecule has 0 rings (SSSR count). The zero-order chi connectivity index (χ0) is 6.24. The zero-order valence-corrected chi connectivity index (χ0v) is 11.7. The van der Waals surface area contributed by atoms with Gasteiger partial charge in [-0.25, -0.2) is 0 Å². The Hall–Kier alpha value is 2.02. The Balaban J connectivity index is 2.93. The molecule has 0 aliphatic rings. The van der Waals surface area contributed by atoms with Gasteiger partial charge >= 0.3 is 84.2 Å². The average Bonchev–Trinajstić information content (AvgIpc) is 1.81. The van der Waals surface area contributed by atoms with Gasteiger partial charge in [0.05, 0.1) is 0 Å². The molecule has 0 amide bonds. The van der Waals surface area contributed by atoms with Crippen LogP contribution in [0.25, 0.3) is 0 Å². The van der Waals surface area contributed by atoms with Crippen LogP contribution in [0.5, 0.6) is 0 Å². The summed E-state index contributed by atoms with van der Waals surface area (Å²) >= 11 is 6.98. The summed E-state index contributed by atoms with van der Waals surface area (Å²) in [5, 5.41) is 0. The van der Waals surface area contributed by atoms with Gasteiger partial charge in [0.2, 0.25) is 0 Å². The normalized spacial score (nSPS) is 11.8. The Labute approximate surface area is 82.8 Å². The van der Waals surface area contributed by atoms with E-state index >= 15 is 0 Å². The van der Waals surface area contributed by atoms with Crippen molar-refractivity contribution in [3.8, 4) is 0 Å². The molecule has 0 aliphatic carbocycles. The van der Waals surface area contributed by atoms with Crippen LogP contribution in [0.1, 0.15) is 0 Å². The zero-order valence-electron chi connectivity index (χ0n) is 3.88. The van der Waals surface area contributed by atoms with Crippen molar-refractivity contribution >= 4 is 66.0 Å². The van der Waals surface area contributed by atoms with Crippen molar-refractivity contribution in [3.05, 3.63) is 18.2 Å². The van der Waals surface area contributed by atoms with Crippen molar-refractivity contribution in [2.75, 3.05) is 0 Å². The SMILES string of the molecule is BrC=C[Te][Te]C=CBr. The summed E-state index contributed by atoms with van der Waals surface area (Å²) in [5.74, 6) is 0. The van der Waals surface area contributed by atoms with E-state index in [1.807, 2.05) is 9.97 Å². The molecule has 0 aromatic heterocycles. The average molecular weight is 467 g/mol. The quantitative estimate of drug-likeness (QED) is 0.441. The molecule has 0 radical (unpaired) electrons. The number of halogens is 2. The maximum atomic E-state index is 3.24. The van der Waals surface area contributed by atoms with E-state index in [2.05, 4.69) is 40.1 Å². The van der Waals surface area contributed by atoms with Gasteiger partial charge in [0, 0.05) is 0 Å². The van der Waals surface area contributed by atoms with Crippen molar-refractivity contribution in [2.45, 2.75) is 0 Å². The van der Waals surface area contributed by atoms with Crippen LogP contribution in [-0.4, -0.2) is 34.1 Å². The second-order valence-electron chi connectivity index (χ2n) is 0.717. The first-order chi connectivity index (χ1) is 3.91. The maximum absolute atomic E-state index is 3.24. The molecule has 0 aromatic carbocycles. The number of hydrogen-bond acceptors (Lipinski definition) is 0. The molecule has 0 aromatic rings. The Kier molecular flexibility index (Phi) is 11.3. The number of rotatable bonds is 3. The molecule has 0 nitrogen and oxygen atoms in total. The first-order valence-corrected chi connectivity index (χ1v) is 13.6. The van der Waals surface area contributed by atoms with Crippen molar-refractivity contribution in [1.29, 1.82) is 0 Å². The Morgan fingerprint density at radius 2 is 1.25 bits per heavy atom. The van der Waals surface area contributed by atoms with Gasteiger partial charge in [-0.05, 0) is 0 Å². The second-order valence-corrected chi connectivity index (χ2v) is 11.8. The second kappa shape index (κ2) is 9.02. The van der Waals surface area contributed by atoms with Crippen molar-refractivity contribution < 1.29 is 0 Å². The summed E-state index contributed by atoms with van der Waals surface area (Å²) in [7, 11) is 0. The fraction of sp³-hybridized carbons (Fsp3) is 0. The van der Waals surface area contributed by atoms with E-state index < -0.39 is 0 Å². The summed E-state index contributed by atoms with van der Waals surface area (Å²) < 4.78 is 4.53. The fourth-order valence-corrected chi connectivity index (χ4v) is 12.7. The van der Waals surface area contributed by atoms with E-state index in [9.17, 15) is 0 Å². The molecule has 0 aliphatic heterocycles. The minimum atomic E-state index is 0.253. The van der Waals surface area contributed by atoms with Crippen LogP contribution in [0.2, 0.25) is 0 Å². The van der Waals surface area contributed by atoms with Crippen LogP contribution < -0.4 is 0 Å². The third-order valence-corrected chi connectivity index (χ3v) is 11.1. The third kappa shape index (κ3) is 8.02. The van der Waals surface area contributed by atoms with Crippen LogP contribution >= 0.6 is 31.9 Å². The molecule has 0 fully saturated rings. The van der Waals surface area contributed by atoms with Crippen LogP contribution in [0.4, 0.5) is 0 Å². The summed E-state index contributed by atoms with van der Waals surface area (Å²) in [4.78, 5) is 3.95. The molecular formula is C4H4Br2Te2. The summed E-state index contributed by atoms with van der Waals surface area (Å²) in [6, 6.07) is 0. The molecule has 46 valence electrons. The molecule has 8 heavy (non-hydrogen) atoms. The molecule has 0 N–H and O–H groups in total. The van der Waals surface area contributed by atoms with Crippen LogP contribution in [-0.2, 0) is 0 Å². The van der Waals surface area contributed by atoms with Crippen molar-refractivity contribution in [2.24, 2.45) is 0 Å². The van der Waals surface area contributed by atoms with E-state index in [4.69, 9.17) is 0 Å². The third-order valence-electron chi connectivity index (χ3n) is 0.270. The van der Waals surface area contributed by atoms with Gasteiger partial charge in [0.1, 0.15) is 0 Å². The van der Waals surface area contributed by atoms with Gasteiger partial charge in [0.25, 0.3) is 0 Å². The van der Waals surface area contributed by atoms with Crippen molar-refractivity contribution in [3.63, 3.8) is 0 Å². The number of hydrogen-bond donors (Lipinski definition) is 0. The Bertz CT molecular complexity index is 78.0.